The van der Waals surface area contributed by atoms with E-state index in [0.29, 0.717) is 36.2 Å². The molecule has 1 amide bonds. The Bertz CT molecular complexity index is 1360. The first kappa shape index (κ1) is 23.1. The van der Waals surface area contributed by atoms with Crippen molar-refractivity contribution in [3.05, 3.63) is 53.9 Å². The van der Waals surface area contributed by atoms with Crippen LogP contribution in [-0.4, -0.2) is 85.0 Å². The van der Waals surface area contributed by atoms with Crippen LogP contribution >= 0.6 is 0 Å². The number of nitrogens with zero attached hydrogens (tertiary/aromatic N) is 5. The third kappa shape index (κ3) is 4.30. The number of rotatable bonds is 5. The number of sulfonamides is 1. The number of amides is 1. The fourth-order valence-electron chi connectivity index (χ4n) is 4.13. The van der Waals surface area contributed by atoms with E-state index in [1.54, 1.807) is 35.7 Å². The maximum absolute atomic E-state index is 13.2. The molecule has 11 nitrogen and oxygen atoms in total. The van der Waals surface area contributed by atoms with Crippen LogP contribution in [0.25, 0.3) is 5.69 Å². The van der Waals surface area contributed by atoms with Crippen molar-refractivity contribution in [1.29, 1.82) is 0 Å². The number of carbonyl (C=O) groups is 1. The molecular formula is C23H25N5O6S. The van der Waals surface area contributed by atoms with Gasteiger partial charge in [0.25, 0.3) is 5.91 Å². The summed E-state index contributed by atoms with van der Waals surface area (Å²) in [5.41, 5.74) is 1.55. The molecule has 1 aromatic heterocycles. The van der Waals surface area contributed by atoms with Gasteiger partial charge in [0, 0.05) is 38.3 Å². The van der Waals surface area contributed by atoms with Crippen LogP contribution in [-0.2, 0) is 10.0 Å². The maximum atomic E-state index is 13.2. The van der Waals surface area contributed by atoms with E-state index in [0.717, 1.165) is 5.69 Å². The Kier molecular flexibility index (Phi) is 6.07. The van der Waals surface area contributed by atoms with Crippen LogP contribution in [0.2, 0.25) is 0 Å². The van der Waals surface area contributed by atoms with Crippen LogP contribution in [0.5, 0.6) is 17.2 Å². The van der Waals surface area contributed by atoms with E-state index in [1.807, 2.05) is 18.2 Å². The first-order valence-electron chi connectivity index (χ1n) is 11.1. The van der Waals surface area contributed by atoms with Gasteiger partial charge in [-0.15, -0.1) is 5.10 Å². The Hall–Kier alpha value is -3.64. The fraction of sp³-hybridized carbons (Fsp3) is 0.348. The van der Waals surface area contributed by atoms with Gasteiger partial charge in [-0.2, -0.15) is 4.31 Å². The average Bonchev–Trinajstić information content (AvgIpc) is 3.29. The van der Waals surface area contributed by atoms with Crippen LogP contribution < -0.4 is 14.2 Å². The molecule has 12 heteroatoms. The van der Waals surface area contributed by atoms with Crippen molar-refractivity contribution in [2.24, 2.45) is 0 Å². The quantitative estimate of drug-likeness (QED) is 0.519. The molecule has 5 rings (SSSR count). The minimum Gasteiger partial charge on any atom is -0.497 e. The van der Waals surface area contributed by atoms with Gasteiger partial charge < -0.3 is 19.1 Å². The molecule has 1 fully saturated rings. The van der Waals surface area contributed by atoms with Crippen molar-refractivity contribution in [3.63, 3.8) is 0 Å². The van der Waals surface area contributed by atoms with Crippen molar-refractivity contribution in [2.45, 2.75) is 11.8 Å². The molecule has 2 aliphatic heterocycles. The van der Waals surface area contributed by atoms with Gasteiger partial charge in [-0.3, -0.25) is 4.79 Å². The van der Waals surface area contributed by atoms with Gasteiger partial charge in [-0.1, -0.05) is 11.3 Å². The summed E-state index contributed by atoms with van der Waals surface area (Å²) in [7, 11) is -2.16. The Balaban J connectivity index is 1.28. The fourth-order valence-corrected chi connectivity index (χ4v) is 5.57. The standard InChI is InChI=1S/C23H25N5O6S/c1-16-22(24-25-28(16)17-4-3-5-18(14-17)32-2)23(29)26-8-10-27(11-9-26)35(30,31)19-6-7-20-21(15-19)34-13-12-33-20/h3-7,14-15H,8-13H2,1-2H3. The lowest BCUT2D eigenvalue weighted by Gasteiger charge is -2.33. The van der Waals surface area contributed by atoms with Gasteiger partial charge in [0.05, 0.1) is 23.4 Å². The number of aromatic nitrogens is 3. The number of carbonyl (C=O) groups excluding carboxylic acids is 1. The first-order valence-corrected chi connectivity index (χ1v) is 12.6. The van der Waals surface area contributed by atoms with E-state index in [-0.39, 0.29) is 42.7 Å². The van der Waals surface area contributed by atoms with Crippen molar-refractivity contribution < 1.29 is 27.4 Å². The van der Waals surface area contributed by atoms with Crippen LogP contribution in [0, 0.1) is 6.92 Å². The second-order valence-corrected chi connectivity index (χ2v) is 10.1. The molecule has 1 saturated heterocycles. The van der Waals surface area contributed by atoms with Crippen LogP contribution in [0.3, 0.4) is 0 Å². The summed E-state index contributed by atoms with van der Waals surface area (Å²) in [6.07, 6.45) is 0. The van der Waals surface area contributed by atoms with E-state index in [9.17, 15) is 13.2 Å². The summed E-state index contributed by atoms with van der Waals surface area (Å²) in [6, 6.07) is 11.9. The highest BCUT2D eigenvalue weighted by atomic mass is 32.2. The molecule has 3 heterocycles. The topological polar surface area (TPSA) is 116 Å². The third-order valence-electron chi connectivity index (χ3n) is 6.07. The summed E-state index contributed by atoms with van der Waals surface area (Å²) < 4.78 is 45.6. The number of piperazine rings is 1. The summed E-state index contributed by atoms with van der Waals surface area (Å²) in [6.45, 7) is 3.41. The molecule has 0 saturated carbocycles. The molecule has 2 aliphatic rings. The molecule has 0 atom stereocenters. The second-order valence-electron chi connectivity index (χ2n) is 8.14. The van der Waals surface area contributed by atoms with Gasteiger partial charge >= 0.3 is 0 Å². The predicted molar refractivity (Wildman–Crippen MR) is 125 cm³/mol. The van der Waals surface area contributed by atoms with E-state index in [2.05, 4.69) is 10.3 Å². The van der Waals surface area contributed by atoms with Gasteiger partial charge in [0.2, 0.25) is 10.0 Å². The zero-order valence-corrected chi connectivity index (χ0v) is 20.2. The van der Waals surface area contributed by atoms with Crippen LogP contribution in [0.4, 0.5) is 0 Å². The molecule has 0 unspecified atom stereocenters. The molecule has 0 radical (unpaired) electrons. The Morgan fingerprint density at radius 2 is 1.74 bits per heavy atom. The summed E-state index contributed by atoms with van der Waals surface area (Å²) in [5, 5.41) is 8.24. The molecule has 2 aromatic carbocycles. The van der Waals surface area contributed by atoms with Gasteiger partial charge in [0.1, 0.15) is 19.0 Å². The van der Waals surface area contributed by atoms with E-state index in [1.165, 1.54) is 16.4 Å². The number of fused-ring (bicyclic) bond motifs is 1. The zero-order valence-electron chi connectivity index (χ0n) is 19.4. The molecule has 0 aliphatic carbocycles. The van der Waals surface area contributed by atoms with Crippen molar-refractivity contribution in [2.75, 3.05) is 46.5 Å². The average molecular weight is 500 g/mol. The Morgan fingerprint density at radius 3 is 2.49 bits per heavy atom. The first-order chi connectivity index (χ1) is 16.9. The molecule has 0 bridgehead atoms. The largest absolute Gasteiger partial charge is 0.497 e. The number of methoxy groups -OCH3 is 1. The highest BCUT2D eigenvalue weighted by Gasteiger charge is 2.33. The van der Waals surface area contributed by atoms with Gasteiger partial charge in [-0.05, 0) is 31.2 Å². The minimum atomic E-state index is -3.74. The molecule has 35 heavy (non-hydrogen) atoms. The van der Waals surface area contributed by atoms with Gasteiger partial charge in [-0.25, -0.2) is 13.1 Å². The lowest BCUT2D eigenvalue weighted by molar-refractivity contribution is 0.0691. The summed E-state index contributed by atoms with van der Waals surface area (Å²) in [4.78, 5) is 14.9. The minimum absolute atomic E-state index is 0.138. The maximum Gasteiger partial charge on any atom is 0.276 e. The number of benzene rings is 2. The van der Waals surface area contributed by atoms with E-state index < -0.39 is 10.0 Å². The zero-order chi connectivity index (χ0) is 24.6. The van der Waals surface area contributed by atoms with E-state index in [4.69, 9.17) is 14.2 Å². The number of hydrogen-bond donors (Lipinski definition) is 0. The summed E-state index contributed by atoms with van der Waals surface area (Å²) >= 11 is 0. The van der Waals surface area contributed by atoms with Crippen molar-refractivity contribution >= 4 is 15.9 Å². The highest BCUT2D eigenvalue weighted by Crippen LogP contribution is 2.33. The highest BCUT2D eigenvalue weighted by molar-refractivity contribution is 7.89. The van der Waals surface area contributed by atoms with Crippen LogP contribution in [0.1, 0.15) is 16.2 Å². The predicted octanol–water partition coefficient (Wildman–Crippen LogP) is 1.50. The Labute approximate surface area is 202 Å². The molecule has 0 spiro atoms. The Morgan fingerprint density at radius 1 is 1.00 bits per heavy atom. The lowest BCUT2D eigenvalue weighted by atomic mass is 10.2. The van der Waals surface area contributed by atoms with Gasteiger partial charge in [0.15, 0.2) is 17.2 Å². The molecule has 3 aromatic rings. The number of ether oxygens (including phenoxy) is 3. The molecular weight excluding hydrogens is 474 g/mol. The SMILES string of the molecule is COc1cccc(-n2nnc(C(=O)N3CCN(S(=O)(=O)c4ccc5c(c4)OCCO5)CC3)c2C)c1. The van der Waals surface area contributed by atoms with Crippen LogP contribution in [0.15, 0.2) is 47.4 Å². The normalized spacial score (nSPS) is 16.2. The number of hydrogen-bond acceptors (Lipinski definition) is 8. The van der Waals surface area contributed by atoms with Crippen molar-refractivity contribution in [3.8, 4) is 22.9 Å². The third-order valence-corrected chi connectivity index (χ3v) is 7.97. The lowest BCUT2D eigenvalue weighted by Crippen LogP contribution is -2.50. The summed E-state index contributed by atoms with van der Waals surface area (Å²) in [5.74, 6) is 1.33. The molecule has 184 valence electrons. The smallest absolute Gasteiger partial charge is 0.276 e. The molecule has 0 N–H and O–H groups in total. The second kappa shape index (κ2) is 9.19. The monoisotopic (exact) mass is 499 g/mol. The van der Waals surface area contributed by atoms with Crippen molar-refractivity contribution in [1.82, 2.24) is 24.2 Å². The van der Waals surface area contributed by atoms with E-state index >= 15 is 0 Å².